The second kappa shape index (κ2) is 7.07. The zero-order chi connectivity index (χ0) is 18.8. The van der Waals surface area contributed by atoms with Crippen LogP contribution in [0.3, 0.4) is 0 Å². The van der Waals surface area contributed by atoms with E-state index < -0.39 is 0 Å². The first-order chi connectivity index (χ1) is 11.6. The van der Waals surface area contributed by atoms with Crippen molar-refractivity contribution in [3.63, 3.8) is 0 Å². The van der Waals surface area contributed by atoms with Crippen LogP contribution in [0.2, 0.25) is 0 Å². The van der Waals surface area contributed by atoms with E-state index in [9.17, 15) is 4.39 Å². The summed E-state index contributed by atoms with van der Waals surface area (Å²) in [6.07, 6.45) is 0.684. The Morgan fingerprint density at radius 2 is 1.44 bits per heavy atom. The molecule has 0 atom stereocenters. The van der Waals surface area contributed by atoms with E-state index >= 15 is 0 Å². The van der Waals surface area contributed by atoms with Gasteiger partial charge in [0.1, 0.15) is 5.75 Å². The molecule has 0 unspecified atom stereocenters. The lowest BCUT2D eigenvalue weighted by Gasteiger charge is -2.28. The summed E-state index contributed by atoms with van der Waals surface area (Å²) >= 11 is 0. The van der Waals surface area contributed by atoms with E-state index in [0.29, 0.717) is 12.2 Å². The molecule has 0 bridgehead atoms. The van der Waals surface area contributed by atoms with Crippen molar-refractivity contribution in [1.82, 2.24) is 0 Å². The predicted octanol–water partition coefficient (Wildman–Crippen LogP) is 5.66. The number of halogens is 1. The van der Waals surface area contributed by atoms with Crippen molar-refractivity contribution in [3.8, 4) is 11.5 Å². The van der Waals surface area contributed by atoms with E-state index in [1.165, 1.54) is 12.7 Å². The molecule has 136 valence electrons. The quantitative estimate of drug-likeness (QED) is 0.697. The van der Waals surface area contributed by atoms with Gasteiger partial charge in [0.05, 0.1) is 14.2 Å². The SMILES string of the molecule is COc1ccc(C(C)(C)Cc2cc(C(C)(C)C)cc(F)c2OC)cc1. The fourth-order valence-electron chi connectivity index (χ4n) is 3.06. The second-order valence-electron chi connectivity index (χ2n) is 8.19. The molecule has 0 amide bonds. The molecule has 2 nitrogen and oxygen atoms in total. The monoisotopic (exact) mass is 344 g/mol. The third-order valence-corrected chi connectivity index (χ3v) is 4.69. The van der Waals surface area contributed by atoms with Gasteiger partial charge in [-0.3, -0.25) is 0 Å². The zero-order valence-corrected chi connectivity index (χ0v) is 16.4. The molecule has 0 N–H and O–H groups in total. The molecule has 0 fully saturated rings. The maximum absolute atomic E-state index is 14.6. The summed E-state index contributed by atoms with van der Waals surface area (Å²) in [5, 5.41) is 0. The van der Waals surface area contributed by atoms with Crippen molar-refractivity contribution < 1.29 is 13.9 Å². The van der Waals surface area contributed by atoms with Gasteiger partial charge in [0, 0.05) is 0 Å². The number of ether oxygens (including phenoxy) is 2. The van der Waals surface area contributed by atoms with Gasteiger partial charge >= 0.3 is 0 Å². The Morgan fingerprint density at radius 3 is 1.92 bits per heavy atom. The summed E-state index contributed by atoms with van der Waals surface area (Å²) in [6, 6.07) is 11.7. The molecule has 0 saturated heterocycles. The number of methoxy groups -OCH3 is 2. The molecule has 0 saturated carbocycles. The lowest BCUT2D eigenvalue weighted by molar-refractivity contribution is 0.374. The Morgan fingerprint density at radius 1 is 0.840 bits per heavy atom. The van der Waals surface area contributed by atoms with Crippen LogP contribution in [0, 0.1) is 5.82 Å². The van der Waals surface area contributed by atoms with E-state index in [-0.39, 0.29) is 16.6 Å². The zero-order valence-electron chi connectivity index (χ0n) is 16.4. The Hall–Kier alpha value is -2.03. The number of hydrogen-bond acceptors (Lipinski definition) is 2. The summed E-state index contributed by atoms with van der Waals surface area (Å²) in [6.45, 7) is 10.6. The summed E-state index contributed by atoms with van der Waals surface area (Å²) in [5.41, 5.74) is 2.77. The van der Waals surface area contributed by atoms with Gasteiger partial charge < -0.3 is 9.47 Å². The minimum atomic E-state index is -0.296. The highest BCUT2D eigenvalue weighted by Crippen LogP contribution is 2.36. The van der Waals surface area contributed by atoms with Crippen molar-refractivity contribution in [2.75, 3.05) is 14.2 Å². The Bertz CT molecular complexity index is 725. The summed E-state index contributed by atoms with van der Waals surface area (Å²) in [5.74, 6) is 0.878. The lowest BCUT2D eigenvalue weighted by atomic mass is 9.77. The van der Waals surface area contributed by atoms with Gasteiger partial charge in [-0.1, -0.05) is 52.8 Å². The van der Waals surface area contributed by atoms with E-state index in [1.54, 1.807) is 13.2 Å². The highest BCUT2D eigenvalue weighted by atomic mass is 19.1. The van der Waals surface area contributed by atoms with E-state index in [1.807, 2.05) is 12.1 Å². The van der Waals surface area contributed by atoms with E-state index in [2.05, 4.69) is 52.8 Å². The molecule has 3 heteroatoms. The van der Waals surface area contributed by atoms with Crippen LogP contribution in [0.5, 0.6) is 11.5 Å². The van der Waals surface area contributed by atoms with Crippen LogP contribution in [0.4, 0.5) is 4.39 Å². The van der Waals surface area contributed by atoms with Crippen LogP contribution in [-0.4, -0.2) is 14.2 Å². The van der Waals surface area contributed by atoms with Gasteiger partial charge in [0.2, 0.25) is 0 Å². The molecule has 0 heterocycles. The lowest BCUT2D eigenvalue weighted by Crippen LogP contribution is -2.22. The molecular weight excluding hydrogens is 315 g/mol. The third kappa shape index (κ3) is 4.33. The first kappa shape index (κ1) is 19.3. The molecule has 2 aromatic rings. The minimum Gasteiger partial charge on any atom is -0.497 e. The molecule has 0 aliphatic heterocycles. The van der Waals surface area contributed by atoms with Gasteiger partial charge in [-0.25, -0.2) is 4.39 Å². The van der Waals surface area contributed by atoms with Crippen LogP contribution >= 0.6 is 0 Å². The summed E-state index contributed by atoms with van der Waals surface area (Å²) in [4.78, 5) is 0. The van der Waals surface area contributed by atoms with Crippen LogP contribution in [0.25, 0.3) is 0 Å². The average molecular weight is 344 g/mol. The fourth-order valence-corrected chi connectivity index (χ4v) is 3.06. The van der Waals surface area contributed by atoms with Crippen molar-refractivity contribution >= 4 is 0 Å². The highest BCUT2D eigenvalue weighted by molar-refractivity contribution is 5.43. The topological polar surface area (TPSA) is 18.5 Å². The third-order valence-electron chi connectivity index (χ3n) is 4.69. The molecule has 2 rings (SSSR count). The standard InChI is InChI=1S/C22H29FO2/c1-21(2,3)17-12-15(20(25-7)19(23)13-17)14-22(4,5)16-8-10-18(24-6)11-9-16/h8-13H,14H2,1-7H3. The van der Waals surface area contributed by atoms with Gasteiger partial charge in [-0.15, -0.1) is 0 Å². The summed E-state index contributed by atoms with van der Waals surface area (Å²) in [7, 11) is 3.19. The van der Waals surface area contributed by atoms with Gasteiger partial charge in [-0.2, -0.15) is 0 Å². The minimum absolute atomic E-state index is 0.119. The Kier molecular flexibility index (Phi) is 5.46. The van der Waals surface area contributed by atoms with Gasteiger partial charge in [-0.05, 0) is 52.1 Å². The molecule has 25 heavy (non-hydrogen) atoms. The largest absolute Gasteiger partial charge is 0.497 e. The van der Waals surface area contributed by atoms with Crippen molar-refractivity contribution in [2.24, 2.45) is 0 Å². The van der Waals surface area contributed by atoms with Crippen LogP contribution < -0.4 is 9.47 Å². The van der Waals surface area contributed by atoms with Crippen molar-refractivity contribution in [3.05, 3.63) is 58.9 Å². The molecule has 0 radical (unpaired) electrons. The Labute approximate surface area is 151 Å². The molecule has 0 aliphatic carbocycles. The molecule has 0 aliphatic rings. The maximum atomic E-state index is 14.6. The number of rotatable bonds is 5. The van der Waals surface area contributed by atoms with Crippen molar-refractivity contribution in [2.45, 2.75) is 51.9 Å². The van der Waals surface area contributed by atoms with Gasteiger partial charge in [0.15, 0.2) is 11.6 Å². The maximum Gasteiger partial charge on any atom is 0.165 e. The number of hydrogen-bond donors (Lipinski definition) is 0. The fraction of sp³-hybridized carbons (Fsp3) is 0.455. The van der Waals surface area contributed by atoms with Crippen molar-refractivity contribution in [1.29, 1.82) is 0 Å². The molecule has 0 spiro atoms. The predicted molar refractivity (Wildman–Crippen MR) is 101 cm³/mol. The van der Waals surface area contributed by atoms with E-state index in [0.717, 1.165) is 16.9 Å². The normalized spacial score (nSPS) is 12.2. The van der Waals surface area contributed by atoms with Gasteiger partial charge in [0.25, 0.3) is 0 Å². The van der Waals surface area contributed by atoms with Crippen LogP contribution in [0.1, 0.15) is 51.3 Å². The highest BCUT2D eigenvalue weighted by Gasteiger charge is 2.26. The smallest absolute Gasteiger partial charge is 0.165 e. The van der Waals surface area contributed by atoms with Crippen LogP contribution in [0.15, 0.2) is 36.4 Å². The molecule has 0 aromatic heterocycles. The van der Waals surface area contributed by atoms with E-state index in [4.69, 9.17) is 9.47 Å². The first-order valence-corrected chi connectivity index (χ1v) is 8.60. The Balaban J connectivity index is 2.44. The summed E-state index contributed by atoms with van der Waals surface area (Å²) < 4.78 is 25.2. The average Bonchev–Trinajstić information content (AvgIpc) is 2.53. The second-order valence-corrected chi connectivity index (χ2v) is 8.19. The molecular formula is C22H29FO2. The molecule has 2 aromatic carbocycles. The first-order valence-electron chi connectivity index (χ1n) is 8.60. The van der Waals surface area contributed by atoms with Crippen LogP contribution in [-0.2, 0) is 17.3 Å². The number of benzene rings is 2.